The van der Waals surface area contributed by atoms with E-state index in [1.807, 2.05) is 54.3 Å². The number of halogens is 2. The molecule has 0 bridgehead atoms. The van der Waals surface area contributed by atoms with Crippen LogP contribution >= 0.6 is 23.2 Å². The molecule has 45 heavy (non-hydrogen) atoms. The first-order valence-electron chi connectivity index (χ1n) is 16.1. The van der Waals surface area contributed by atoms with E-state index in [9.17, 15) is 14.4 Å². The number of nitrogens with zero attached hydrogens (tertiary/aromatic N) is 2. The maximum absolute atomic E-state index is 14.1. The van der Waals surface area contributed by atoms with Crippen molar-refractivity contribution in [2.75, 3.05) is 6.54 Å². The molecule has 1 saturated heterocycles. The third-order valence-corrected chi connectivity index (χ3v) is 9.99. The van der Waals surface area contributed by atoms with Crippen molar-refractivity contribution < 1.29 is 14.4 Å². The number of carbonyl (C=O) groups excluding carboxylic acids is 3. The summed E-state index contributed by atoms with van der Waals surface area (Å²) >= 11 is 12.7. The zero-order chi connectivity index (χ0) is 32.1. The number of rotatable bonds is 11. The van der Waals surface area contributed by atoms with Gasteiger partial charge in [0, 0.05) is 59.7 Å². The third kappa shape index (κ3) is 9.05. The van der Waals surface area contributed by atoms with E-state index in [-0.39, 0.29) is 42.1 Å². The highest BCUT2D eigenvalue weighted by molar-refractivity contribution is 6.39. The summed E-state index contributed by atoms with van der Waals surface area (Å²) in [4.78, 5) is 40.8. The molecule has 1 heterocycles. The Morgan fingerprint density at radius 1 is 1.00 bits per heavy atom. The second-order valence-electron chi connectivity index (χ2n) is 13.1. The number of allylic oxidation sites excluding steroid dienone is 1. The average molecular weight is 652 g/mol. The fourth-order valence-electron chi connectivity index (χ4n) is 7.05. The smallest absolute Gasteiger partial charge is 0.239 e. The minimum absolute atomic E-state index is 0.00283. The summed E-state index contributed by atoms with van der Waals surface area (Å²) in [5.74, 6) is 6.57. The Morgan fingerprint density at radius 3 is 2.36 bits per heavy atom. The molecule has 2 aromatic rings. The second-order valence-corrected chi connectivity index (χ2v) is 14.0. The zero-order valence-corrected chi connectivity index (χ0v) is 27.7. The van der Waals surface area contributed by atoms with Crippen molar-refractivity contribution in [1.29, 1.82) is 0 Å². The summed E-state index contributed by atoms with van der Waals surface area (Å²) in [6, 6.07) is 15.7. The highest BCUT2D eigenvalue weighted by Crippen LogP contribution is 2.48. The van der Waals surface area contributed by atoms with Crippen molar-refractivity contribution in [3.8, 4) is 0 Å². The van der Waals surface area contributed by atoms with Crippen LogP contribution in [0.3, 0.4) is 0 Å². The van der Waals surface area contributed by atoms with Gasteiger partial charge in [-0.15, -0.1) is 0 Å². The van der Waals surface area contributed by atoms with Gasteiger partial charge in [-0.3, -0.25) is 14.4 Å². The van der Waals surface area contributed by atoms with Crippen LogP contribution < -0.4 is 16.4 Å². The van der Waals surface area contributed by atoms with Crippen LogP contribution in [0.15, 0.2) is 60.4 Å². The normalized spacial score (nSPS) is 25.4. The van der Waals surface area contributed by atoms with Gasteiger partial charge >= 0.3 is 0 Å². The molecule has 4 N–H and O–H groups in total. The first-order valence-corrected chi connectivity index (χ1v) is 16.9. The first kappa shape index (κ1) is 33.4. The van der Waals surface area contributed by atoms with Crippen LogP contribution in [0.4, 0.5) is 0 Å². The molecule has 8 nitrogen and oxygen atoms in total. The molecule has 11 heteroatoms. The van der Waals surface area contributed by atoms with Crippen LogP contribution in [-0.4, -0.2) is 47.6 Å². The van der Waals surface area contributed by atoms with Crippen molar-refractivity contribution in [1.82, 2.24) is 20.5 Å². The molecule has 2 aliphatic carbocycles. The van der Waals surface area contributed by atoms with Crippen molar-refractivity contribution in [2.45, 2.75) is 89.0 Å². The van der Waals surface area contributed by atoms with E-state index >= 15 is 0 Å². The number of hydrogen-bond donors (Lipinski definition) is 3. The molecule has 3 fully saturated rings. The van der Waals surface area contributed by atoms with Crippen LogP contribution in [0, 0.1) is 11.8 Å². The monoisotopic (exact) mass is 651 g/mol. The number of carbonyl (C=O) groups is 3. The number of piperidine rings is 1. The maximum atomic E-state index is 14.1. The second kappa shape index (κ2) is 15.1. The van der Waals surface area contributed by atoms with Crippen molar-refractivity contribution >= 4 is 48.3 Å². The summed E-state index contributed by atoms with van der Waals surface area (Å²) < 4.78 is 0. The standard InChI is InChI=1S/C34H44BCl2N5O3/c1-21(39-22(2)43)19-42(38)30-14-10-27(11-15-30)35-40-32(44)18-26-17-31(25-4-3-5-29(37)16-25)33(24-8-12-28(36)13-9-24)41(34(26)45)20-23-6-7-23/h3-5,8-9,12-13,16,19,23,26-27,30-31,33,35H,6-7,10-11,14-15,17-18,20,38H2,1-2H3,(H,39,43)(H,40,44)/b21-19+/t26-,27?,30?,31-,33-/m1/s1. The van der Waals surface area contributed by atoms with Crippen LogP contribution in [0.5, 0.6) is 0 Å². The molecular formula is C34H44BCl2N5O3. The van der Waals surface area contributed by atoms with Crippen molar-refractivity contribution in [2.24, 2.45) is 17.7 Å². The molecule has 0 radical (unpaired) electrons. The molecule has 3 amide bonds. The Bertz CT molecular complexity index is 1390. The van der Waals surface area contributed by atoms with Gasteiger partial charge in [-0.25, -0.2) is 5.84 Å². The molecule has 5 rings (SSSR count). The number of benzene rings is 2. The van der Waals surface area contributed by atoms with E-state index in [4.69, 9.17) is 29.0 Å². The number of hydrogen-bond acceptors (Lipinski definition) is 5. The van der Waals surface area contributed by atoms with Gasteiger partial charge in [0.1, 0.15) is 0 Å². The topological polar surface area (TPSA) is 108 Å². The summed E-state index contributed by atoms with van der Waals surface area (Å²) in [6.45, 7) is 3.99. The fourth-order valence-corrected chi connectivity index (χ4v) is 7.37. The van der Waals surface area contributed by atoms with Gasteiger partial charge in [0.2, 0.25) is 25.1 Å². The summed E-state index contributed by atoms with van der Waals surface area (Å²) in [5.41, 5.74) is 2.84. The SMILES string of the molecule is CC(=O)N/C(C)=C/N(N)C1CCC(BNC(=O)C[C@H]2C[C@H](c3cccc(Cl)c3)[C@@H](c3ccc(Cl)cc3)N(CC3CC3)C2=O)CC1. The van der Waals surface area contributed by atoms with Crippen molar-refractivity contribution in [3.63, 3.8) is 0 Å². The molecule has 0 spiro atoms. The number of nitrogens with two attached hydrogens (primary N) is 1. The highest BCUT2D eigenvalue weighted by atomic mass is 35.5. The lowest BCUT2D eigenvalue weighted by Crippen LogP contribution is -2.49. The van der Waals surface area contributed by atoms with E-state index in [1.54, 1.807) is 11.2 Å². The van der Waals surface area contributed by atoms with Gasteiger partial charge in [-0.1, -0.05) is 60.3 Å². The lowest BCUT2D eigenvalue weighted by atomic mass is 9.66. The largest absolute Gasteiger partial charge is 0.402 e. The summed E-state index contributed by atoms with van der Waals surface area (Å²) in [6.07, 6.45) is 8.48. The molecule has 0 unspecified atom stereocenters. The number of amides is 3. The lowest BCUT2D eigenvalue weighted by molar-refractivity contribution is -0.145. The number of hydrazine groups is 1. The zero-order valence-electron chi connectivity index (χ0n) is 26.2. The Kier molecular flexibility index (Phi) is 11.2. The predicted molar refractivity (Wildman–Crippen MR) is 180 cm³/mol. The minimum atomic E-state index is -0.406. The van der Waals surface area contributed by atoms with Gasteiger partial charge in [0.25, 0.3) is 0 Å². The van der Waals surface area contributed by atoms with Gasteiger partial charge in [-0.05, 0) is 86.2 Å². The number of likely N-dealkylation sites (tertiary alicyclic amines) is 1. The van der Waals surface area contributed by atoms with Crippen LogP contribution in [0.2, 0.25) is 15.9 Å². The van der Waals surface area contributed by atoms with Gasteiger partial charge in [0.05, 0.1) is 6.04 Å². The Morgan fingerprint density at radius 2 is 1.71 bits per heavy atom. The molecule has 2 aromatic carbocycles. The maximum Gasteiger partial charge on any atom is 0.239 e. The Hall–Kier alpha value is -3.01. The quantitative estimate of drug-likeness (QED) is 0.161. The summed E-state index contributed by atoms with van der Waals surface area (Å²) in [5, 5.41) is 8.91. The van der Waals surface area contributed by atoms with E-state index in [0.29, 0.717) is 47.9 Å². The molecular weight excluding hydrogens is 608 g/mol. The third-order valence-electron chi connectivity index (χ3n) is 9.50. The minimum Gasteiger partial charge on any atom is -0.402 e. The molecule has 2 saturated carbocycles. The fraction of sp³-hybridized carbons (Fsp3) is 0.500. The number of nitrogens with one attached hydrogen (secondary N) is 2. The van der Waals surface area contributed by atoms with Crippen LogP contribution in [0.25, 0.3) is 0 Å². The van der Waals surface area contributed by atoms with E-state index in [1.165, 1.54) is 6.92 Å². The molecule has 240 valence electrons. The molecule has 3 aliphatic rings. The average Bonchev–Trinajstić information content (AvgIpc) is 3.82. The highest BCUT2D eigenvalue weighted by Gasteiger charge is 2.45. The predicted octanol–water partition coefficient (Wildman–Crippen LogP) is 5.84. The van der Waals surface area contributed by atoms with Gasteiger partial charge in [-0.2, -0.15) is 0 Å². The van der Waals surface area contributed by atoms with E-state index < -0.39 is 5.92 Å². The first-order chi connectivity index (χ1) is 21.6. The Labute approximate surface area is 277 Å². The van der Waals surface area contributed by atoms with Crippen molar-refractivity contribution in [3.05, 3.63) is 81.6 Å². The van der Waals surface area contributed by atoms with E-state index in [0.717, 1.165) is 49.7 Å². The van der Waals surface area contributed by atoms with E-state index in [2.05, 4.69) is 16.6 Å². The van der Waals surface area contributed by atoms with Gasteiger partial charge < -0.3 is 20.5 Å². The van der Waals surface area contributed by atoms with Crippen LogP contribution in [0.1, 0.15) is 88.3 Å². The Balaban J connectivity index is 1.23. The van der Waals surface area contributed by atoms with Crippen LogP contribution in [-0.2, 0) is 14.4 Å². The molecule has 1 aliphatic heterocycles. The lowest BCUT2D eigenvalue weighted by Gasteiger charge is -2.45. The molecule has 0 aromatic heterocycles. The van der Waals surface area contributed by atoms with Gasteiger partial charge in [0.15, 0.2) is 0 Å². The molecule has 3 atom stereocenters. The summed E-state index contributed by atoms with van der Waals surface area (Å²) in [7, 11) is 0.592.